The lowest BCUT2D eigenvalue weighted by Crippen LogP contribution is -2.65. The highest BCUT2D eigenvalue weighted by Gasteiger charge is 2.52. The van der Waals surface area contributed by atoms with Gasteiger partial charge >= 0.3 is 11.9 Å². The number of aliphatic carboxylic acids is 1. The first-order chi connectivity index (χ1) is 9.58. The Morgan fingerprint density at radius 3 is 2.52 bits per heavy atom. The zero-order valence-electron chi connectivity index (χ0n) is 11.2. The van der Waals surface area contributed by atoms with Crippen LogP contribution < -0.4 is 5.73 Å². The maximum Gasteiger partial charge on any atom is 0.364 e. The topological polar surface area (TPSA) is 180 Å². The number of esters is 1. The second kappa shape index (κ2) is 6.64. The van der Waals surface area contributed by atoms with Crippen LogP contribution in [0.25, 0.3) is 0 Å². The van der Waals surface area contributed by atoms with Crippen LogP contribution in [0.4, 0.5) is 0 Å². The van der Waals surface area contributed by atoms with E-state index in [9.17, 15) is 30.0 Å². The number of carbonyl (C=O) groups excluding carboxylic acids is 1. The second-order valence-corrected chi connectivity index (χ2v) is 4.88. The highest BCUT2D eigenvalue weighted by Crippen LogP contribution is 2.29. The van der Waals surface area contributed by atoms with Crippen LogP contribution >= 0.6 is 0 Å². The summed E-state index contributed by atoms with van der Waals surface area (Å²) >= 11 is 0. The van der Waals surface area contributed by atoms with Crippen LogP contribution in [0.5, 0.6) is 0 Å². The molecular formula is C11H19NO9. The zero-order valence-corrected chi connectivity index (χ0v) is 11.2. The van der Waals surface area contributed by atoms with Crippen LogP contribution in [0.1, 0.15) is 13.3 Å². The molecule has 0 radical (unpaired) electrons. The van der Waals surface area contributed by atoms with Gasteiger partial charge in [0.2, 0.25) is 0 Å². The number of carbonyl (C=O) groups is 2. The van der Waals surface area contributed by atoms with Gasteiger partial charge in [0.15, 0.2) is 0 Å². The quantitative estimate of drug-likeness (QED) is 0.279. The van der Waals surface area contributed by atoms with E-state index < -0.39 is 61.2 Å². The van der Waals surface area contributed by atoms with E-state index in [1.807, 2.05) is 0 Å². The van der Waals surface area contributed by atoms with Crippen molar-refractivity contribution in [1.82, 2.24) is 0 Å². The number of carboxylic acids is 1. The molecule has 1 heterocycles. The summed E-state index contributed by atoms with van der Waals surface area (Å²) in [5.74, 6) is -5.19. The molecule has 6 unspecified atom stereocenters. The van der Waals surface area contributed by atoms with Crippen molar-refractivity contribution in [3.63, 3.8) is 0 Å². The van der Waals surface area contributed by atoms with Crippen molar-refractivity contribution in [2.75, 3.05) is 6.61 Å². The molecular weight excluding hydrogens is 290 g/mol. The van der Waals surface area contributed by atoms with E-state index in [4.69, 9.17) is 15.6 Å². The molecule has 0 amide bonds. The molecule has 0 aromatic carbocycles. The highest BCUT2D eigenvalue weighted by molar-refractivity contribution is 5.75. The molecule has 7 N–H and O–H groups in total. The van der Waals surface area contributed by atoms with Crippen molar-refractivity contribution >= 4 is 11.9 Å². The van der Waals surface area contributed by atoms with E-state index in [-0.39, 0.29) is 0 Å². The normalized spacial score (nSPS) is 35.8. The fourth-order valence-corrected chi connectivity index (χ4v) is 1.95. The van der Waals surface area contributed by atoms with Gasteiger partial charge in [0.1, 0.15) is 24.9 Å². The van der Waals surface area contributed by atoms with E-state index in [0.717, 1.165) is 6.92 Å². The summed E-state index contributed by atoms with van der Waals surface area (Å²) in [6, 6.07) is -1.24. The Morgan fingerprint density at radius 2 is 2.05 bits per heavy atom. The Kier molecular flexibility index (Phi) is 5.61. The van der Waals surface area contributed by atoms with Crippen LogP contribution in [-0.4, -0.2) is 80.3 Å². The molecule has 1 rings (SSSR count). The molecule has 0 aliphatic carbocycles. The van der Waals surface area contributed by atoms with Crippen molar-refractivity contribution < 1.29 is 44.6 Å². The number of carboxylic acid groups (broad SMARTS) is 1. The van der Waals surface area contributed by atoms with Crippen molar-refractivity contribution in [2.24, 2.45) is 5.73 Å². The number of aliphatic hydroxyl groups is 4. The first kappa shape index (κ1) is 17.8. The van der Waals surface area contributed by atoms with Crippen LogP contribution in [0.15, 0.2) is 0 Å². The van der Waals surface area contributed by atoms with Crippen molar-refractivity contribution in [1.29, 1.82) is 0 Å². The largest absolute Gasteiger partial charge is 0.477 e. The average Bonchev–Trinajstić information content (AvgIpc) is 2.39. The summed E-state index contributed by atoms with van der Waals surface area (Å²) in [4.78, 5) is 21.6. The average molecular weight is 309 g/mol. The molecule has 1 aliphatic heterocycles. The Bertz CT molecular complexity index is 403. The second-order valence-electron chi connectivity index (χ2n) is 4.88. The number of hydrogen-bond donors (Lipinski definition) is 6. The molecule has 0 spiro atoms. The minimum absolute atomic E-state index is 0.579. The fourth-order valence-electron chi connectivity index (χ4n) is 1.95. The first-order valence-electron chi connectivity index (χ1n) is 6.15. The summed E-state index contributed by atoms with van der Waals surface area (Å²) < 4.78 is 9.32. The Labute approximate surface area is 119 Å². The van der Waals surface area contributed by atoms with Gasteiger partial charge in [-0.1, -0.05) is 0 Å². The van der Waals surface area contributed by atoms with Gasteiger partial charge in [-0.05, 0) is 0 Å². The van der Waals surface area contributed by atoms with Gasteiger partial charge in [-0.15, -0.1) is 0 Å². The summed E-state index contributed by atoms with van der Waals surface area (Å²) in [6.45, 7) is 0.513. The van der Waals surface area contributed by atoms with Gasteiger partial charge < -0.3 is 40.7 Å². The minimum Gasteiger partial charge on any atom is -0.477 e. The Morgan fingerprint density at radius 1 is 1.48 bits per heavy atom. The van der Waals surface area contributed by atoms with E-state index in [1.165, 1.54) is 0 Å². The van der Waals surface area contributed by atoms with E-state index in [0.29, 0.717) is 0 Å². The van der Waals surface area contributed by atoms with E-state index in [2.05, 4.69) is 4.74 Å². The van der Waals surface area contributed by atoms with Gasteiger partial charge in [-0.2, -0.15) is 0 Å². The van der Waals surface area contributed by atoms with Gasteiger partial charge in [-0.3, -0.25) is 4.79 Å². The highest BCUT2D eigenvalue weighted by atomic mass is 16.7. The monoisotopic (exact) mass is 309 g/mol. The standard InChI is InChI=1S/C11H19NO9/c1-4(13)20-3-6(15)8(16)9-7(12)5(14)2-11(19,21-9)10(17)18/h5-9,14-16,19H,2-3,12H2,1H3,(H,17,18). The lowest BCUT2D eigenvalue weighted by molar-refractivity contribution is -0.292. The van der Waals surface area contributed by atoms with Gasteiger partial charge in [0, 0.05) is 13.3 Å². The summed E-state index contributed by atoms with van der Waals surface area (Å²) in [7, 11) is 0. The van der Waals surface area contributed by atoms with E-state index in [1.54, 1.807) is 0 Å². The maximum atomic E-state index is 10.9. The number of ether oxygens (including phenoxy) is 2. The van der Waals surface area contributed by atoms with Gasteiger partial charge in [-0.25, -0.2) is 4.79 Å². The summed E-state index contributed by atoms with van der Waals surface area (Å²) in [5.41, 5.74) is 5.58. The molecule has 0 aromatic heterocycles. The van der Waals surface area contributed by atoms with Crippen LogP contribution in [0, 0.1) is 0 Å². The SMILES string of the molecule is CC(=O)OCC(O)C(O)C1OC(O)(C(=O)O)CC(O)C1N. The predicted molar refractivity (Wildman–Crippen MR) is 64.7 cm³/mol. The van der Waals surface area contributed by atoms with Gasteiger partial charge in [0.25, 0.3) is 5.79 Å². The predicted octanol–water partition coefficient (Wildman–Crippen LogP) is -3.48. The molecule has 0 saturated carbocycles. The lowest BCUT2D eigenvalue weighted by Gasteiger charge is -2.43. The van der Waals surface area contributed by atoms with E-state index >= 15 is 0 Å². The van der Waals surface area contributed by atoms with Gasteiger partial charge in [0.05, 0.1) is 12.1 Å². The molecule has 10 heteroatoms. The third-order valence-electron chi connectivity index (χ3n) is 3.16. The zero-order chi connectivity index (χ0) is 16.4. The molecule has 21 heavy (non-hydrogen) atoms. The maximum absolute atomic E-state index is 10.9. The Hall–Kier alpha value is -1.30. The van der Waals surface area contributed by atoms with Crippen molar-refractivity contribution in [3.05, 3.63) is 0 Å². The molecule has 1 saturated heterocycles. The lowest BCUT2D eigenvalue weighted by atomic mass is 9.89. The number of aliphatic hydroxyl groups excluding tert-OH is 3. The molecule has 1 fully saturated rings. The van der Waals surface area contributed by atoms with Crippen LogP contribution in [0.3, 0.4) is 0 Å². The molecule has 6 atom stereocenters. The number of nitrogens with two attached hydrogens (primary N) is 1. The summed E-state index contributed by atoms with van der Waals surface area (Å²) in [6.07, 6.45) is -7.14. The smallest absolute Gasteiger partial charge is 0.364 e. The molecule has 0 bridgehead atoms. The summed E-state index contributed by atoms with van der Waals surface area (Å²) in [5, 5.41) is 47.8. The van der Waals surface area contributed by atoms with Crippen molar-refractivity contribution in [3.8, 4) is 0 Å². The molecule has 10 nitrogen and oxygen atoms in total. The first-order valence-corrected chi connectivity index (χ1v) is 6.15. The fraction of sp³-hybridized carbons (Fsp3) is 0.818. The molecule has 0 aromatic rings. The number of hydrogen-bond acceptors (Lipinski definition) is 9. The Balaban J connectivity index is 2.82. The van der Waals surface area contributed by atoms with Crippen LogP contribution in [-0.2, 0) is 19.1 Å². The molecule has 122 valence electrons. The third kappa shape index (κ3) is 4.09. The minimum atomic E-state index is -2.73. The van der Waals surface area contributed by atoms with Crippen molar-refractivity contribution in [2.45, 2.75) is 49.6 Å². The number of rotatable bonds is 5. The van der Waals surface area contributed by atoms with Crippen LogP contribution in [0.2, 0.25) is 0 Å². The third-order valence-corrected chi connectivity index (χ3v) is 3.16. The molecule has 1 aliphatic rings.